The van der Waals surface area contributed by atoms with Gasteiger partial charge in [0.25, 0.3) is 0 Å². The fraction of sp³-hybridized carbons (Fsp3) is 0.692. The van der Waals surface area contributed by atoms with Gasteiger partial charge in [-0.1, -0.05) is 22.5 Å². The first-order chi connectivity index (χ1) is 8.75. The second kappa shape index (κ2) is 6.41. The van der Waals surface area contributed by atoms with Crippen molar-refractivity contribution in [3.05, 3.63) is 11.1 Å². The van der Waals surface area contributed by atoms with Crippen LogP contribution in [0.25, 0.3) is 0 Å². The number of nitrogens with zero attached hydrogens (tertiary/aromatic N) is 1. The summed E-state index contributed by atoms with van der Waals surface area (Å²) in [7, 11) is 0. The normalized spacial score (nSPS) is 19.9. The lowest BCUT2D eigenvalue weighted by Crippen LogP contribution is -2.50. The van der Waals surface area contributed by atoms with Crippen molar-refractivity contribution in [1.29, 1.82) is 0 Å². The number of hydrogen-bond acceptors (Lipinski definition) is 2. The van der Waals surface area contributed by atoms with E-state index >= 15 is 0 Å². The number of carboxylic acid groups (broad SMARTS) is 1. The van der Waals surface area contributed by atoms with Gasteiger partial charge in [-0.25, -0.2) is 4.79 Å². The number of hydrogen-bond donors (Lipinski definition) is 2. The zero-order valence-electron chi connectivity index (χ0n) is 11.4. The van der Waals surface area contributed by atoms with Crippen LogP contribution in [-0.4, -0.2) is 41.6 Å². The third-order valence-corrected chi connectivity index (χ3v) is 3.99. The number of nitrogens with one attached hydrogen (secondary N) is 1. The van der Waals surface area contributed by atoms with Gasteiger partial charge in [-0.05, 0) is 32.6 Å². The number of rotatable bonds is 4. The summed E-state index contributed by atoms with van der Waals surface area (Å²) in [6, 6.07) is -0.161. The summed E-state index contributed by atoms with van der Waals surface area (Å²) in [6.07, 6.45) is 1.68. The molecule has 1 rings (SSSR count). The summed E-state index contributed by atoms with van der Waals surface area (Å²) < 4.78 is 0.709. The maximum Gasteiger partial charge on any atom is 0.317 e. The Labute approximate surface area is 122 Å². The van der Waals surface area contributed by atoms with E-state index in [1.807, 2.05) is 0 Å². The number of amides is 2. The van der Waals surface area contributed by atoms with Crippen LogP contribution < -0.4 is 5.32 Å². The lowest BCUT2D eigenvalue weighted by Gasteiger charge is -2.39. The molecule has 2 amide bonds. The molecule has 2 N–H and O–H groups in total. The first kappa shape index (κ1) is 16.0. The lowest BCUT2D eigenvalue weighted by molar-refractivity contribution is -0.151. The molecular formula is C13H21BrN2O3. The highest BCUT2D eigenvalue weighted by molar-refractivity contribution is 9.11. The molecule has 108 valence electrons. The van der Waals surface area contributed by atoms with E-state index in [4.69, 9.17) is 0 Å². The number of carbonyl (C=O) groups excluding carboxylic acids is 1. The fourth-order valence-corrected chi connectivity index (χ4v) is 2.35. The molecule has 0 aromatic carbocycles. The smallest absolute Gasteiger partial charge is 0.317 e. The Morgan fingerprint density at radius 3 is 2.68 bits per heavy atom. The summed E-state index contributed by atoms with van der Waals surface area (Å²) in [6.45, 7) is 8.64. The standard InChI is InChI=1S/C13H21BrN2O3/c1-9(14)7-15-12(19)16-6-4-5-10(8-16)13(2,3)11(17)18/h10H,1,4-8H2,2-3H3,(H,15,19)(H,17,18). The quantitative estimate of drug-likeness (QED) is 0.830. The van der Waals surface area contributed by atoms with E-state index in [0.717, 1.165) is 12.8 Å². The highest BCUT2D eigenvalue weighted by atomic mass is 79.9. The van der Waals surface area contributed by atoms with Gasteiger partial charge in [0.15, 0.2) is 0 Å². The molecule has 6 heteroatoms. The molecule has 1 saturated heterocycles. The van der Waals surface area contributed by atoms with E-state index in [1.165, 1.54) is 0 Å². The molecular weight excluding hydrogens is 312 g/mol. The predicted molar refractivity (Wildman–Crippen MR) is 77.2 cm³/mol. The Bertz CT molecular complexity index is 382. The second-order valence-electron chi connectivity index (χ2n) is 5.49. The summed E-state index contributed by atoms with van der Waals surface area (Å²) >= 11 is 3.18. The van der Waals surface area contributed by atoms with Crippen LogP contribution in [0.4, 0.5) is 4.79 Å². The van der Waals surface area contributed by atoms with Gasteiger partial charge in [0.05, 0.1) is 12.0 Å². The minimum atomic E-state index is -0.811. The summed E-state index contributed by atoms with van der Waals surface area (Å²) in [5.74, 6) is -0.828. The Morgan fingerprint density at radius 2 is 2.16 bits per heavy atom. The van der Waals surface area contributed by atoms with E-state index < -0.39 is 11.4 Å². The summed E-state index contributed by atoms with van der Waals surface area (Å²) in [5.41, 5.74) is -0.808. The van der Waals surface area contributed by atoms with Crippen LogP contribution in [-0.2, 0) is 4.79 Å². The Kier molecular flexibility index (Phi) is 5.40. The topological polar surface area (TPSA) is 69.6 Å². The van der Waals surface area contributed by atoms with Crippen molar-refractivity contribution in [3.63, 3.8) is 0 Å². The van der Waals surface area contributed by atoms with Crippen molar-refractivity contribution >= 4 is 27.9 Å². The van der Waals surface area contributed by atoms with Crippen LogP contribution in [0.3, 0.4) is 0 Å². The van der Waals surface area contributed by atoms with Gasteiger partial charge in [0, 0.05) is 17.6 Å². The molecule has 0 radical (unpaired) electrons. The molecule has 1 aliphatic heterocycles. The average Bonchev–Trinajstić information content (AvgIpc) is 2.35. The van der Waals surface area contributed by atoms with Crippen LogP contribution in [0.1, 0.15) is 26.7 Å². The van der Waals surface area contributed by atoms with Crippen LogP contribution in [0.2, 0.25) is 0 Å². The molecule has 0 aromatic heterocycles. The fourth-order valence-electron chi connectivity index (χ4n) is 2.21. The number of halogens is 1. The first-order valence-corrected chi connectivity index (χ1v) is 7.14. The van der Waals surface area contributed by atoms with Crippen molar-refractivity contribution in [2.45, 2.75) is 26.7 Å². The van der Waals surface area contributed by atoms with E-state index in [2.05, 4.69) is 27.8 Å². The minimum Gasteiger partial charge on any atom is -0.481 e. The van der Waals surface area contributed by atoms with E-state index in [-0.39, 0.29) is 11.9 Å². The number of carbonyl (C=O) groups is 2. The third-order valence-electron chi connectivity index (χ3n) is 3.71. The zero-order valence-corrected chi connectivity index (χ0v) is 13.0. The largest absolute Gasteiger partial charge is 0.481 e. The molecule has 0 bridgehead atoms. The Balaban J connectivity index is 2.62. The highest BCUT2D eigenvalue weighted by Gasteiger charge is 2.39. The lowest BCUT2D eigenvalue weighted by atomic mass is 9.74. The van der Waals surface area contributed by atoms with Crippen LogP contribution in [0, 0.1) is 11.3 Å². The van der Waals surface area contributed by atoms with Gasteiger partial charge in [0.2, 0.25) is 0 Å². The van der Waals surface area contributed by atoms with Crippen molar-refractivity contribution in [3.8, 4) is 0 Å². The molecule has 1 aliphatic rings. The number of urea groups is 1. The number of likely N-dealkylation sites (tertiary alicyclic amines) is 1. The number of carboxylic acids is 1. The van der Waals surface area contributed by atoms with Gasteiger partial charge < -0.3 is 15.3 Å². The van der Waals surface area contributed by atoms with Crippen molar-refractivity contribution in [1.82, 2.24) is 10.2 Å². The molecule has 0 aliphatic carbocycles. The van der Waals surface area contributed by atoms with Crippen LogP contribution >= 0.6 is 15.9 Å². The Morgan fingerprint density at radius 1 is 1.53 bits per heavy atom. The van der Waals surface area contributed by atoms with Gasteiger partial charge in [-0.3, -0.25) is 4.79 Å². The minimum absolute atomic E-state index is 0.0170. The SMILES string of the molecule is C=C(Br)CNC(=O)N1CCCC(C(C)(C)C(=O)O)C1. The Hall–Kier alpha value is -1.04. The molecule has 1 fully saturated rings. The highest BCUT2D eigenvalue weighted by Crippen LogP contribution is 2.34. The predicted octanol–water partition coefficient (Wildman–Crippen LogP) is 2.43. The molecule has 1 heterocycles. The second-order valence-corrected chi connectivity index (χ2v) is 6.61. The molecule has 5 nitrogen and oxygen atoms in total. The van der Waals surface area contributed by atoms with Crippen LogP contribution in [0.15, 0.2) is 11.1 Å². The number of aliphatic carboxylic acids is 1. The molecule has 1 atom stereocenters. The van der Waals surface area contributed by atoms with E-state index in [0.29, 0.717) is 24.1 Å². The van der Waals surface area contributed by atoms with Crippen molar-refractivity contribution in [2.24, 2.45) is 11.3 Å². The van der Waals surface area contributed by atoms with Crippen LogP contribution in [0.5, 0.6) is 0 Å². The van der Waals surface area contributed by atoms with Crippen molar-refractivity contribution in [2.75, 3.05) is 19.6 Å². The maximum absolute atomic E-state index is 12.0. The molecule has 1 unspecified atom stereocenters. The molecule has 0 aromatic rings. The van der Waals surface area contributed by atoms with E-state index in [1.54, 1.807) is 18.7 Å². The number of piperidine rings is 1. The molecule has 0 spiro atoms. The third kappa shape index (κ3) is 4.23. The van der Waals surface area contributed by atoms with Crippen molar-refractivity contribution < 1.29 is 14.7 Å². The van der Waals surface area contributed by atoms with E-state index in [9.17, 15) is 14.7 Å². The summed E-state index contributed by atoms with van der Waals surface area (Å²) in [4.78, 5) is 24.9. The monoisotopic (exact) mass is 332 g/mol. The van der Waals surface area contributed by atoms with Gasteiger partial charge >= 0.3 is 12.0 Å². The zero-order chi connectivity index (χ0) is 14.6. The first-order valence-electron chi connectivity index (χ1n) is 6.34. The average molecular weight is 333 g/mol. The maximum atomic E-state index is 12.0. The molecule has 19 heavy (non-hydrogen) atoms. The summed E-state index contributed by atoms with van der Waals surface area (Å²) in [5, 5.41) is 12.0. The van der Waals surface area contributed by atoms with Gasteiger partial charge in [-0.2, -0.15) is 0 Å². The van der Waals surface area contributed by atoms with Gasteiger partial charge in [-0.15, -0.1) is 0 Å². The van der Waals surface area contributed by atoms with Gasteiger partial charge in [0.1, 0.15) is 0 Å². The molecule has 0 saturated carbocycles.